The monoisotopic (exact) mass is 373 g/mol. The van der Waals surface area contributed by atoms with Gasteiger partial charge in [0.2, 0.25) is 0 Å². The highest BCUT2D eigenvalue weighted by atomic mass is 32.2. The highest BCUT2D eigenvalue weighted by Gasteiger charge is 2.24. The first kappa shape index (κ1) is 18.4. The van der Waals surface area contributed by atoms with Gasteiger partial charge in [0, 0.05) is 17.3 Å². The summed E-state index contributed by atoms with van der Waals surface area (Å²) in [7, 11) is -3.23. The van der Waals surface area contributed by atoms with E-state index in [9.17, 15) is 13.2 Å². The lowest BCUT2D eigenvalue weighted by Crippen LogP contribution is -2.36. The molecule has 0 saturated heterocycles. The van der Waals surface area contributed by atoms with Crippen LogP contribution in [0.5, 0.6) is 0 Å². The second kappa shape index (κ2) is 7.07. The van der Waals surface area contributed by atoms with Gasteiger partial charge in [-0.1, -0.05) is 18.2 Å². The minimum absolute atomic E-state index is 0.112. The molecule has 1 aliphatic heterocycles. The van der Waals surface area contributed by atoms with Gasteiger partial charge in [-0.15, -0.1) is 0 Å². The Kier molecular flexibility index (Phi) is 5.00. The van der Waals surface area contributed by atoms with Crippen molar-refractivity contribution in [2.75, 3.05) is 5.75 Å². The third kappa shape index (κ3) is 3.88. The van der Waals surface area contributed by atoms with Gasteiger partial charge < -0.3 is 5.32 Å². The van der Waals surface area contributed by atoms with Gasteiger partial charge in [0.05, 0.1) is 22.9 Å². The second-order valence-corrected chi connectivity index (χ2v) is 8.82. The maximum absolute atomic E-state index is 12.6. The van der Waals surface area contributed by atoms with Crippen LogP contribution in [0.4, 0.5) is 0 Å². The van der Waals surface area contributed by atoms with Gasteiger partial charge in [-0.3, -0.25) is 9.48 Å². The fourth-order valence-electron chi connectivity index (χ4n) is 3.17. The van der Waals surface area contributed by atoms with Crippen LogP contribution in [-0.4, -0.2) is 35.9 Å². The summed E-state index contributed by atoms with van der Waals surface area (Å²) in [5.41, 5.74) is 3.01. The topological polar surface area (TPSA) is 81.1 Å². The molecule has 0 aliphatic carbocycles. The summed E-state index contributed by atoms with van der Waals surface area (Å²) in [5.74, 6) is -0.0878. The van der Waals surface area contributed by atoms with Crippen molar-refractivity contribution >= 4 is 20.6 Å². The van der Waals surface area contributed by atoms with Crippen LogP contribution in [0.15, 0.2) is 36.4 Å². The lowest BCUT2D eigenvalue weighted by Gasteiger charge is -2.15. The number of aromatic nitrogens is 2. The molecule has 0 radical (unpaired) electrons. The minimum atomic E-state index is -3.23. The van der Waals surface area contributed by atoms with Gasteiger partial charge >= 0.3 is 0 Å². The molecule has 138 valence electrons. The number of carbonyl (C=O) groups excluding carboxylic acids is 1. The van der Waals surface area contributed by atoms with Crippen molar-refractivity contribution in [3.05, 3.63) is 58.9 Å². The molecule has 2 aromatic rings. The summed E-state index contributed by atoms with van der Waals surface area (Å²) < 4.78 is 26.0. The Balaban J connectivity index is 1.72. The van der Waals surface area contributed by atoms with Crippen LogP contribution in [-0.2, 0) is 16.4 Å². The average Bonchev–Trinajstić information content (AvgIpc) is 3.08. The fraction of sp³-hybridized carbons (Fsp3) is 0.368. The summed E-state index contributed by atoms with van der Waals surface area (Å²) in [4.78, 5) is 12.9. The zero-order valence-electron chi connectivity index (χ0n) is 15.2. The standard InChI is InChI=1S/C19H23N3O3S/c1-13-10-15(3)22(21-13)12-14(2)20-19(23)17-7-4-6-16(11-17)18-8-5-9-26(18,24)25/h4,6-8,10-11,14H,5,9,12H2,1-3H3,(H,20,23). The quantitative estimate of drug-likeness (QED) is 0.873. The molecule has 1 amide bonds. The van der Waals surface area contributed by atoms with Crippen LogP contribution in [0.25, 0.3) is 4.91 Å². The molecule has 1 unspecified atom stereocenters. The van der Waals surface area contributed by atoms with Gasteiger partial charge in [0.15, 0.2) is 9.84 Å². The number of allylic oxidation sites excluding steroid dienone is 1. The summed E-state index contributed by atoms with van der Waals surface area (Å²) in [6.07, 6.45) is 2.24. The van der Waals surface area contributed by atoms with Crippen molar-refractivity contribution in [3.63, 3.8) is 0 Å². The van der Waals surface area contributed by atoms with Gasteiger partial charge in [-0.25, -0.2) is 8.42 Å². The van der Waals surface area contributed by atoms with Crippen molar-refractivity contribution in [3.8, 4) is 0 Å². The van der Waals surface area contributed by atoms with E-state index in [1.54, 1.807) is 30.3 Å². The predicted octanol–water partition coefficient (Wildman–Crippen LogP) is 2.48. The van der Waals surface area contributed by atoms with Crippen molar-refractivity contribution in [1.29, 1.82) is 0 Å². The minimum Gasteiger partial charge on any atom is -0.348 e. The molecule has 26 heavy (non-hydrogen) atoms. The third-order valence-corrected chi connectivity index (χ3v) is 6.23. The van der Waals surface area contributed by atoms with Crippen LogP contribution < -0.4 is 5.32 Å². The number of nitrogens with zero attached hydrogens (tertiary/aromatic N) is 2. The van der Waals surface area contributed by atoms with Crippen LogP contribution in [0.2, 0.25) is 0 Å². The van der Waals surface area contributed by atoms with Crippen LogP contribution >= 0.6 is 0 Å². The van der Waals surface area contributed by atoms with Gasteiger partial charge in [0.25, 0.3) is 5.91 Å². The highest BCUT2D eigenvalue weighted by molar-refractivity contribution is 8.00. The maximum atomic E-state index is 12.6. The van der Waals surface area contributed by atoms with E-state index < -0.39 is 9.84 Å². The van der Waals surface area contributed by atoms with Gasteiger partial charge in [0.1, 0.15) is 0 Å². The first-order chi connectivity index (χ1) is 12.3. The molecule has 1 aromatic heterocycles. The molecule has 6 nitrogen and oxygen atoms in total. The first-order valence-corrected chi connectivity index (χ1v) is 10.3. The number of carbonyl (C=O) groups is 1. The Morgan fingerprint density at radius 2 is 2.08 bits per heavy atom. The summed E-state index contributed by atoms with van der Waals surface area (Å²) in [6.45, 7) is 6.41. The molecule has 1 N–H and O–H groups in total. The third-order valence-electron chi connectivity index (χ3n) is 4.39. The van der Waals surface area contributed by atoms with Crippen molar-refractivity contribution in [2.45, 2.75) is 39.8 Å². The van der Waals surface area contributed by atoms with Crippen LogP contribution in [0, 0.1) is 13.8 Å². The fourth-order valence-corrected chi connectivity index (χ4v) is 4.67. The summed E-state index contributed by atoms with van der Waals surface area (Å²) >= 11 is 0. The molecular formula is C19H23N3O3S. The smallest absolute Gasteiger partial charge is 0.251 e. The molecule has 0 fully saturated rings. The first-order valence-electron chi connectivity index (χ1n) is 8.61. The Morgan fingerprint density at radius 1 is 1.31 bits per heavy atom. The van der Waals surface area contributed by atoms with Gasteiger partial charge in [-0.2, -0.15) is 5.10 Å². The van der Waals surface area contributed by atoms with Crippen LogP contribution in [0.3, 0.4) is 0 Å². The van der Waals surface area contributed by atoms with Crippen molar-refractivity contribution in [2.24, 2.45) is 0 Å². The Hall–Kier alpha value is -2.41. The molecule has 1 aromatic carbocycles. The van der Waals surface area contributed by atoms with E-state index in [1.165, 1.54) is 0 Å². The van der Waals surface area contributed by atoms with Gasteiger partial charge in [-0.05, 0) is 51.0 Å². The number of nitrogens with one attached hydrogen (secondary N) is 1. The molecule has 0 bridgehead atoms. The highest BCUT2D eigenvalue weighted by Crippen LogP contribution is 2.28. The number of sulfone groups is 1. The predicted molar refractivity (Wildman–Crippen MR) is 101 cm³/mol. The number of rotatable bonds is 5. The molecule has 1 atom stereocenters. The summed E-state index contributed by atoms with van der Waals surface area (Å²) in [6, 6.07) is 8.65. The maximum Gasteiger partial charge on any atom is 0.251 e. The number of hydrogen-bond acceptors (Lipinski definition) is 4. The molecular weight excluding hydrogens is 350 g/mol. The zero-order valence-corrected chi connectivity index (χ0v) is 16.0. The van der Waals surface area contributed by atoms with E-state index in [4.69, 9.17) is 0 Å². The van der Waals surface area contributed by atoms with E-state index in [0.29, 0.717) is 29.0 Å². The molecule has 2 heterocycles. The Labute approximate surface area is 153 Å². The average molecular weight is 373 g/mol. The van der Waals surface area contributed by atoms with E-state index in [1.807, 2.05) is 31.5 Å². The molecule has 7 heteroatoms. The molecule has 0 saturated carbocycles. The Morgan fingerprint density at radius 3 is 2.69 bits per heavy atom. The van der Waals surface area contributed by atoms with Crippen molar-refractivity contribution in [1.82, 2.24) is 15.1 Å². The summed E-state index contributed by atoms with van der Waals surface area (Å²) in [5, 5.41) is 7.35. The molecule has 0 spiro atoms. The Bertz CT molecular complexity index is 974. The van der Waals surface area contributed by atoms with E-state index in [2.05, 4.69) is 10.4 Å². The van der Waals surface area contributed by atoms with Crippen LogP contribution in [0.1, 0.15) is 40.7 Å². The lowest BCUT2D eigenvalue weighted by molar-refractivity contribution is 0.0935. The van der Waals surface area contributed by atoms with E-state index in [-0.39, 0.29) is 17.7 Å². The molecule has 1 aliphatic rings. The normalized spacial score (nSPS) is 17.0. The SMILES string of the molecule is Cc1cc(C)n(CC(C)NC(=O)c2cccc(C3=CCCS3(=O)=O)c2)n1. The van der Waals surface area contributed by atoms with E-state index in [0.717, 1.165) is 11.4 Å². The number of aryl methyl sites for hydroxylation is 2. The van der Waals surface area contributed by atoms with E-state index >= 15 is 0 Å². The largest absolute Gasteiger partial charge is 0.348 e. The second-order valence-electron chi connectivity index (χ2n) is 6.74. The zero-order chi connectivity index (χ0) is 18.9. The van der Waals surface area contributed by atoms with Crippen molar-refractivity contribution < 1.29 is 13.2 Å². The molecule has 3 rings (SSSR count). The lowest BCUT2D eigenvalue weighted by atomic mass is 10.1. The number of hydrogen-bond donors (Lipinski definition) is 1. The number of benzene rings is 1. The number of amides is 1.